The third kappa shape index (κ3) is 5.70. The van der Waals surface area contributed by atoms with E-state index in [1.54, 1.807) is 11.6 Å². The van der Waals surface area contributed by atoms with Crippen LogP contribution in [-0.4, -0.2) is 65.9 Å². The van der Waals surface area contributed by atoms with Gasteiger partial charge in [0.25, 0.3) is 0 Å². The number of hydrogen-bond donors (Lipinski definition) is 3. The van der Waals surface area contributed by atoms with Gasteiger partial charge in [-0.1, -0.05) is 17.3 Å². The largest absolute Gasteiger partial charge is 0.487 e. The van der Waals surface area contributed by atoms with Crippen LogP contribution in [0.5, 0.6) is 5.75 Å². The fraction of sp³-hybridized carbons (Fsp3) is 0.600. The summed E-state index contributed by atoms with van der Waals surface area (Å²) in [6.07, 6.45) is -1.19. The number of benzene rings is 1. The van der Waals surface area contributed by atoms with Crippen LogP contribution in [0.15, 0.2) is 30.5 Å². The van der Waals surface area contributed by atoms with Crippen molar-refractivity contribution in [3.8, 4) is 5.75 Å². The van der Waals surface area contributed by atoms with Crippen molar-refractivity contribution in [3.63, 3.8) is 0 Å². The monoisotopic (exact) mass is 423 g/mol. The zero-order valence-electron chi connectivity index (χ0n) is 16.9. The van der Waals surface area contributed by atoms with Crippen molar-refractivity contribution >= 4 is 11.8 Å². The lowest BCUT2D eigenvalue weighted by molar-refractivity contribution is -0.192. The molecule has 0 spiro atoms. The molecular weight excluding hydrogens is 394 g/mol. The van der Waals surface area contributed by atoms with Crippen LogP contribution in [0.4, 0.5) is 0 Å². The molecule has 0 saturated carbocycles. The molecule has 1 saturated heterocycles. The molecule has 2 heterocycles. The van der Waals surface area contributed by atoms with E-state index in [9.17, 15) is 15.3 Å². The fourth-order valence-electron chi connectivity index (χ4n) is 2.99. The quantitative estimate of drug-likeness (QED) is 0.587. The lowest BCUT2D eigenvalue weighted by Crippen LogP contribution is -2.55. The van der Waals surface area contributed by atoms with Gasteiger partial charge in [0.1, 0.15) is 41.8 Å². The molecule has 3 unspecified atom stereocenters. The Hall–Kier alpha value is -1.65. The Morgan fingerprint density at radius 1 is 1.14 bits per heavy atom. The second-order valence-corrected chi connectivity index (χ2v) is 8.72. The van der Waals surface area contributed by atoms with Crippen LogP contribution in [0, 0.1) is 0 Å². The molecule has 9 heteroatoms. The average Bonchev–Trinajstić information content (AvgIpc) is 3.19. The zero-order valence-corrected chi connectivity index (χ0v) is 17.7. The number of aliphatic hydroxyl groups excluding tert-OH is 3. The van der Waals surface area contributed by atoms with Crippen molar-refractivity contribution in [2.45, 2.75) is 69.7 Å². The number of rotatable bonds is 8. The van der Waals surface area contributed by atoms with E-state index in [4.69, 9.17) is 9.47 Å². The molecule has 8 nitrogen and oxygen atoms in total. The molecule has 1 aromatic carbocycles. The Kier molecular flexibility index (Phi) is 7.53. The topological polar surface area (TPSA) is 110 Å². The summed E-state index contributed by atoms with van der Waals surface area (Å²) in [7, 11) is 0. The first-order valence-corrected chi connectivity index (χ1v) is 10.8. The van der Waals surface area contributed by atoms with Crippen LogP contribution in [0.25, 0.3) is 0 Å². The van der Waals surface area contributed by atoms with Crippen molar-refractivity contribution in [1.29, 1.82) is 0 Å². The second kappa shape index (κ2) is 9.90. The first-order valence-electron chi connectivity index (χ1n) is 9.79. The van der Waals surface area contributed by atoms with Crippen LogP contribution in [0.2, 0.25) is 0 Å². The molecule has 5 atom stereocenters. The zero-order chi connectivity index (χ0) is 21.0. The van der Waals surface area contributed by atoms with E-state index in [-0.39, 0.29) is 6.04 Å². The molecule has 0 aliphatic carbocycles. The summed E-state index contributed by atoms with van der Waals surface area (Å²) in [5.74, 6) is 1.48. The molecular formula is C20H29N3O5S. The second-order valence-electron chi connectivity index (χ2n) is 7.52. The normalized spacial score (nSPS) is 27.3. The molecule has 3 rings (SSSR count). The maximum Gasteiger partial charge on any atom is 0.134 e. The molecule has 1 aliphatic heterocycles. The van der Waals surface area contributed by atoms with E-state index >= 15 is 0 Å². The first kappa shape index (κ1) is 22.0. The highest BCUT2D eigenvalue weighted by Crippen LogP contribution is 2.29. The van der Waals surface area contributed by atoms with Crippen LogP contribution in [0.1, 0.15) is 38.1 Å². The van der Waals surface area contributed by atoms with Gasteiger partial charge in [0.05, 0.1) is 12.3 Å². The van der Waals surface area contributed by atoms with E-state index < -0.39 is 29.9 Å². The highest BCUT2D eigenvalue weighted by atomic mass is 32.2. The first-order chi connectivity index (χ1) is 13.8. The van der Waals surface area contributed by atoms with Gasteiger partial charge in [0.2, 0.25) is 0 Å². The van der Waals surface area contributed by atoms with Crippen molar-refractivity contribution in [2.75, 3.05) is 5.75 Å². The van der Waals surface area contributed by atoms with Gasteiger partial charge in [-0.15, -0.1) is 16.9 Å². The molecule has 1 fully saturated rings. The van der Waals surface area contributed by atoms with E-state index in [1.807, 2.05) is 44.3 Å². The van der Waals surface area contributed by atoms with Crippen molar-refractivity contribution in [1.82, 2.24) is 15.0 Å². The molecule has 0 radical (unpaired) electrons. The Balaban J connectivity index is 1.43. The van der Waals surface area contributed by atoms with E-state index in [0.29, 0.717) is 6.61 Å². The predicted octanol–water partition coefficient (Wildman–Crippen LogP) is 1.54. The van der Waals surface area contributed by atoms with Crippen molar-refractivity contribution in [2.24, 2.45) is 0 Å². The minimum absolute atomic E-state index is 0.269. The number of hydrogen-bond acceptors (Lipinski definition) is 8. The standard InChI is InChI=1S/C20H29N3O5S/c1-12(2)23-10-15(21-22-23)11-27-16-6-4-14(5-7-16)8-9-29-20-19(26)18(25)17(24)13(3)28-20/h4-7,10,12-13,17-20,24-26H,8-9,11H2,1-3H3/t13?,17-,18?,19?,20+/m1/s1. The van der Waals surface area contributed by atoms with E-state index in [2.05, 4.69) is 10.3 Å². The van der Waals surface area contributed by atoms with Gasteiger partial charge in [-0.05, 0) is 50.6 Å². The third-order valence-electron chi connectivity index (χ3n) is 4.88. The smallest absolute Gasteiger partial charge is 0.134 e. The lowest BCUT2D eigenvalue weighted by Gasteiger charge is -2.39. The molecule has 0 amide bonds. The number of aromatic nitrogens is 3. The van der Waals surface area contributed by atoms with Gasteiger partial charge in [-0.3, -0.25) is 0 Å². The summed E-state index contributed by atoms with van der Waals surface area (Å²) < 4.78 is 13.2. The number of nitrogens with zero attached hydrogens (tertiary/aromatic N) is 3. The highest BCUT2D eigenvalue weighted by molar-refractivity contribution is 7.99. The predicted molar refractivity (Wildman–Crippen MR) is 110 cm³/mol. The summed E-state index contributed by atoms with van der Waals surface area (Å²) >= 11 is 1.43. The van der Waals surface area contributed by atoms with Crippen molar-refractivity contribution < 1.29 is 24.8 Å². The minimum Gasteiger partial charge on any atom is -0.487 e. The molecule has 2 aromatic rings. The van der Waals surface area contributed by atoms with Crippen LogP contribution >= 0.6 is 11.8 Å². The summed E-state index contributed by atoms with van der Waals surface area (Å²) in [5.41, 5.74) is 1.37. The summed E-state index contributed by atoms with van der Waals surface area (Å²) in [4.78, 5) is 0. The Labute approximate surface area is 174 Å². The average molecular weight is 424 g/mol. The summed E-state index contributed by atoms with van der Waals surface area (Å²) in [6.45, 7) is 6.15. The van der Waals surface area contributed by atoms with E-state index in [1.165, 1.54) is 11.8 Å². The maximum atomic E-state index is 10.1. The molecule has 3 N–H and O–H groups in total. The van der Waals surface area contributed by atoms with Gasteiger partial charge in [0.15, 0.2) is 0 Å². The molecule has 1 aliphatic rings. The third-order valence-corrected chi connectivity index (χ3v) is 6.04. The molecule has 1 aromatic heterocycles. The Bertz CT molecular complexity index is 770. The lowest BCUT2D eigenvalue weighted by atomic mass is 10.0. The number of ether oxygens (including phenoxy) is 2. The minimum atomic E-state index is -1.19. The van der Waals surface area contributed by atoms with E-state index in [0.717, 1.165) is 29.2 Å². The van der Waals surface area contributed by atoms with Crippen LogP contribution < -0.4 is 4.74 Å². The molecule has 160 valence electrons. The Morgan fingerprint density at radius 2 is 1.86 bits per heavy atom. The summed E-state index contributed by atoms with van der Waals surface area (Å²) in [5, 5.41) is 37.8. The fourth-order valence-corrected chi connectivity index (χ4v) is 4.18. The van der Waals surface area contributed by atoms with Crippen LogP contribution in [-0.2, 0) is 17.8 Å². The number of aryl methyl sites for hydroxylation is 1. The van der Waals surface area contributed by atoms with Gasteiger partial charge in [-0.2, -0.15) is 0 Å². The Morgan fingerprint density at radius 3 is 2.52 bits per heavy atom. The van der Waals surface area contributed by atoms with Gasteiger partial charge in [-0.25, -0.2) is 4.68 Å². The van der Waals surface area contributed by atoms with Crippen molar-refractivity contribution in [3.05, 3.63) is 41.7 Å². The number of thioether (sulfide) groups is 1. The summed E-state index contributed by atoms with van der Waals surface area (Å²) in [6, 6.07) is 8.10. The number of aliphatic hydroxyl groups is 3. The van der Waals surface area contributed by atoms with Gasteiger partial charge < -0.3 is 24.8 Å². The van der Waals surface area contributed by atoms with Crippen LogP contribution in [0.3, 0.4) is 0 Å². The molecule has 0 bridgehead atoms. The van der Waals surface area contributed by atoms with Gasteiger partial charge in [0, 0.05) is 6.04 Å². The molecule has 29 heavy (non-hydrogen) atoms. The highest BCUT2D eigenvalue weighted by Gasteiger charge is 2.41. The SMILES string of the molecule is CC1O[C@@H](SCCc2ccc(OCc3cn(C(C)C)nn3)cc2)C(O)C(O)[C@@H]1O. The van der Waals surface area contributed by atoms with Gasteiger partial charge >= 0.3 is 0 Å². The maximum absolute atomic E-state index is 10.1.